The van der Waals surface area contributed by atoms with Crippen molar-refractivity contribution in [2.24, 2.45) is 7.05 Å². The normalized spacial score (nSPS) is 10.1. The van der Waals surface area contributed by atoms with Gasteiger partial charge in [-0.3, -0.25) is 4.79 Å². The van der Waals surface area contributed by atoms with Crippen LogP contribution in [-0.4, -0.2) is 9.78 Å². The van der Waals surface area contributed by atoms with Gasteiger partial charge in [0.1, 0.15) is 6.07 Å². The van der Waals surface area contributed by atoms with Crippen molar-refractivity contribution in [1.82, 2.24) is 9.78 Å². The fraction of sp³-hybridized carbons (Fsp3) is 0.444. The highest BCUT2D eigenvalue weighted by Crippen LogP contribution is 2.13. The van der Waals surface area contributed by atoms with Crippen LogP contribution in [0.2, 0.25) is 0 Å². The Balaban J connectivity index is 3.44. The van der Waals surface area contributed by atoms with Crippen LogP contribution in [0.15, 0.2) is 10.9 Å². The number of nitriles is 1. The molecule has 0 saturated carbocycles. The Kier molecular flexibility index (Phi) is 2.47. The molecule has 1 aromatic heterocycles. The molecule has 4 nitrogen and oxygen atoms in total. The average Bonchev–Trinajstić information content (AvgIpc) is 2.08. The molecule has 0 N–H and O–H groups in total. The van der Waals surface area contributed by atoms with Gasteiger partial charge < -0.3 is 0 Å². The molecule has 1 aromatic rings. The van der Waals surface area contributed by atoms with Gasteiger partial charge in [0.15, 0.2) is 0 Å². The number of hydrogen-bond donors (Lipinski definition) is 0. The Labute approximate surface area is 76.4 Å². The van der Waals surface area contributed by atoms with Crippen LogP contribution in [0, 0.1) is 11.3 Å². The molecule has 0 fully saturated rings. The van der Waals surface area contributed by atoms with Crippen molar-refractivity contribution in [3.63, 3.8) is 0 Å². The number of nitrogens with zero attached hydrogens (tertiary/aromatic N) is 3. The SMILES string of the molecule is CC(C)c1nn(C)c(=O)cc1C#N. The van der Waals surface area contributed by atoms with E-state index in [4.69, 9.17) is 5.26 Å². The van der Waals surface area contributed by atoms with Crippen molar-refractivity contribution in [2.75, 3.05) is 0 Å². The lowest BCUT2D eigenvalue weighted by atomic mass is 10.1. The molecular weight excluding hydrogens is 166 g/mol. The van der Waals surface area contributed by atoms with Crippen molar-refractivity contribution in [3.8, 4) is 6.07 Å². The number of rotatable bonds is 1. The first-order chi connectivity index (χ1) is 6.06. The molecule has 0 bridgehead atoms. The molecule has 0 aliphatic carbocycles. The molecule has 0 aliphatic heterocycles. The van der Waals surface area contributed by atoms with Crippen LogP contribution in [-0.2, 0) is 7.05 Å². The second kappa shape index (κ2) is 3.40. The van der Waals surface area contributed by atoms with Crippen LogP contribution >= 0.6 is 0 Å². The van der Waals surface area contributed by atoms with Gasteiger partial charge in [-0.15, -0.1) is 0 Å². The van der Waals surface area contributed by atoms with Crippen molar-refractivity contribution in [2.45, 2.75) is 19.8 Å². The largest absolute Gasteiger partial charge is 0.268 e. The van der Waals surface area contributed by atoms with Gasteiger partial charge in [-0.2, -0.15) is 10.4 Å². The minimum Gasteiger partial charge on any atom is -0.268 e. The molecule has 0 saturated heterocycles. The minimum atomic E-state index is -0.249. The van der Waals surface area contributed by atoms with Gasteiger partial charge in [-0.05, 0) is 5.92 Å². The molecule has 0 unspecified atom stereocenters. The van der Waals surface area contributed by atoms with Crippen LogP contribution in [0.3, 0.4) is 0 Å². The third-order valence-corrected chi connectivity index (χ3v) is 1.79. The molecule has 4 heteroatoms. The molecule has 68 valence electrons. The quantitative estimate of drug-likeness (QED) is 0.636. The maximum absolute atomic E-state index is 11.1. The summed E-state index contributed by atoms with van der Waals surface area (Å²) in [5.41, 5.74) is 0.795. The summed E-state index contributed by atoms with van der Waals surface area (Å²) in [4.78, 5) is 11.1. The lowest BCUT2D eigenvalue weighted by Gasteiger charge is -2.06. The molecule has 0 aromatic carbocycles. The van der Waals surface area contributed by atoms with E-state index in [9.17, 15) is 4.79 Å². The average molecular weight is 177 g/mol. The summed E-state index contributed by atoms with van der Waals surface area (Å²) in [5, 5.41) is 12.8. The van der Waals surface area contributed by atoms with Crippen molar-refractivity contribution < 1.29 is 0 Å². The van der Waals surface area contributed by atoms with E-state index in [0.29, 0.717) is 11.3 Å². The first-order valence-electron chi connectivity index (χ1n) is 4.04. The number of aromatic nitrogens is 2. The van der Waals surface area contributed by atoms with E-state index in [0.717, 1.165) is 0 Å². The van der Waals surface area contributed by atoms with Gasteiger partial charge in [0.05, 0.1) is 11.3 Å². The van der Waals surface area contributed by atoms with E-state index in [1.54, 1.807) is 7.05 Å². The van der Waals surface area contributed by atoms with Crippen LogP contribution in [0.4, 0.5) is 0 Å². The summed E-state index contributed by atoms with van der Waals surface area (Å²) in [6, 6.07) is 3.29. The van der Waals surface area contributed by atoms with E-state index in [-0.39, 0.29) is 11.5 Å². The maximum atomic E-state index is 11.1. The van der Waals surface area contributed by atoms with Crippen molar-refractivity contribution in [3.05, 3.63) is 27.7 Å². The van der Waals surface area contributed by atoms with Gasteiger partial charge >= 0.3 is 0 Å². The Morgan fingerprint density at radius 3 is 2.69 bits per heavy atom. The lowest BCUT2D eigenvalue weighted by molar-refractivity contribution is 0.650. The molecular formula is C9H11N3O. The molecule has 1 rings (SSSR count). The van der Waals surface area contributed by atoms with Gasteiger partial charge in [-0.1, -0.05) is 13.8 Å². The molecule has 0 atom stereocenters. The first kappa shape index (κ1) is 9.46. The van der Waals surface area contributed by atoms with Gasteiger partial charge in [0.25, 0.3) is 5.56 Å². The highest BCUT2D eigenvalue weighted by molar-refractivity contribution is 5.32. The van der Waals surface area contributed by atoms with E-state index in [1.165, 1.54) is 10.7 Å². The van der Waals surface area contributed by atoms with Gasteiger partial charge in [0, 0.05) is 13.1 Å². The summed E-state index contributed by atoms with van der Waals surface area (Å²) in [6.45, 7) is 3.88. The fourth-order valence-corrected chi connectivity index (χ4v) is 1.07. The summed E-state index contributed by atoms with van der Waals surface area (Å²) in [6.07, 6.45) is 0. The number of hydrogen-bond acceptors (Lipinski definition) is 3. The maximum Gasteiger partial charge on any atom is 0.267 e. The van der Waals surface area contributed by atoms with Crippen LogP contribution in [0.5, 0.6) is 0 Å². The van der Waals surface area contributed by atoms with Gasteiger partial charge in [-0.25, -0.2) is 4.68 Å². The molecule has 0 aliphatic rings. The summed E-state index contributed by atoms with van der Waals surface area (Å²) < 4.78 is 1.25. The van der Waals surface area contributed by atoms with Crippen LogP contribution < -0.4 is 5.56 Å². The third kappa shape index (κ3) is 1.75. The van der Waals surface area contributed by atoms with E-state index in [1.807, 2.05) is 19.9 Å². The highest BCUT2D eigenvalue weighted by atomic mass is 16.1. The first-order valence-corrected chi connectivity index (χ1v) is 4.04. The summed E-state index contributed by atoms with van der Waals surface area (Å²) >= 11 is 0. The van der Waals surface area contributed by atoms with Crippen molar-refractivity contribution >= 4 is 0 Å². The monoisotopic (exact) mass is 177 g/mol. The van der Waals surface area contributed by atoms with Gasteiger partial charge in [0.2, 0.25) is 0 Å². The predicted octanol–water partition coefficient (Wildman–Crippen LogP) is 0.775. The van der Waals surface area contributed by atoms with Crippen LogP contribution in [0.25, 0.3) is 0 Å². The summed E-state index contributed by atoms with van der Waals surface area (Å²) in [5.74, 6) is 0.154. The minimum absolute atomic E-state index is 0.154. The Bertz CT molecular complexity index is 412. The fourth-order valence-electron chi connectivity index (χ4n) is 1.07. The Morgan fingerprint density at radius 1 is 1.62 bits per heavy atom. The Hall–Kier alpha value is -1.63. The van der Waals surface area contributed by atoms with E-state index < -0.39 is 0 Å². The zero-order valence-electron chi connectivity index (χ0n) is 7.90. The molecule has 13 heavy (non-hydrogen) atoms. The van der Waals surface area contributed by atoms with Crippen LogP contribution in [0.1, 0.15) is 31.0 Å². The molecule has 1 heterocycles. The second-order valence-corrected chi connectivity index (χ2v) is 3.17. The van der Waals surface area contributed by atoms with Crippen molar-refractivity contribution in [1.29, 1.82) is 5.26 Å². The van der Waals surface area contributed by atoms with E-state index >= 15 is 0 Å². The topological polar surface area (TPSA) is 58.7 Å². The molecule has 0 radical (unpaired) electrons. The highest BCUT2D eigenvalue weighted by Gasteiger charge is 2.09. The van der Waals surface area contributed by atoms with E-state index in [2.05, 4.69) is 5.10 Å². The standard InChI is InChI=1S/C9H11N3O/c1-6(2)9-7(5-10)4-8(13)12(3)11-9/h4,6H,1-3H3. The predicted molar refractivity (Wildman–Crippen MR) is 48.3 cm³/mol. The lowest BCUT2D eigenvalue weighted by Crippen LogP contribution is -2.21. The zero-order valence-corrected chi connectivity index (χ0v) is 7.90. The summed E-state index contributed by atoms with van der Waals surface area (Å²) in [7, 11) is 1.58. The molecule has 0 amide bonds. The Morgan fingerprint density at radius 2 is 2.23 bits per heavy atom. The third-order valence-electron chi connectivity index (χ3n) is 1.79. The number of aryl methyl sites for hydroxylation is 1. The second-order valence-electron chi connectivity index (χ2n) is 3.17. The smallest absolute Gasteiger partial charge is 0.267 e. The zero-order chi connectivity index (χ0) is 10.0. The molecule has 0 spiro atoms.